The van der Waals surface area contributed by atoms with Gasteiger partial charge in [0.2, 0.25) is 0 Å². The summed E-state index contributed by atoms with van der Waals surface area (Å²) in [5.41, 5.74) is 0.990. The quantitative estimate of drug-likeness (QED) is 0.615. The molecule has 0 saturated carbocycles. The average molecular weight is 282 g/mol. The van der Waals surface area contributed by atoms with Crippen LogP contribution in [0.5, 0.6) is 0 Å². The van der Waals surface area contributed by atoms with Crippen LogP contribution in [0.2, 0.25) is 0 Å². The van der Waals surface area contributed by atoms with Crippen LogP contribution in [0.15, 0.2) is 11.6 Å². The molecule has 1 heterocycles. The zero-order valence-corrected chi connectivity index (χ0v) is 13.4. The Morgan fingerprint density at radius 1 is 1.35 bits per heavy atom. The molecular formula is C17H30O3. The zero-order valence-electron chi connectivity index (χ0n) is 13.4. The fourth-order valence-corrected chi connectivity index (χ4v) is 2.61. The van der Waals surface area contributed by atoms with Gasteiger partial charge in [0.25, 0.3) is 0 Å². The Balaban J connectivity index is 2.63. The third-order valence-electron chi connectivity index (χ3n) is 4.11. The molecule has 20 heavy (non-hydrogen) atoms. The molecule has 3 atom stereocenters. The molecule has 0 bridgehead atoms. The third-order valence-corrected chi connectivity index (χ3v) is 4.11. The molecule has 1 fully saturated rings. The van der Waals surface area contributed by atoms with Crippen molar-refractivity contribution < 1.29 is 14.6 Å². The van der Waals surface area contributed by atoms with Crippen molar-refractivity contribution in [2.24, 2.45) is 11.8 Å². The number of hydrogen-bond donors (Lipinski definition) is 1. The lowest BCUT2D eigenvalue weighted by molar-refractivity contribution is -0.155. The first-order valence-electron chi connectivity index (χ1n) is 7.96. The monoisotopic (exact) mass is 282 g/mol. The highest BCUT2D eigenvalue weighted by Gasteiger charge is 2.28. The summed E-state index contributed by atoms with van der Waals surface area (Å²) in [5, 5.41) is 10.4. The number of rotatable bonds is 5. The Labute approximate surface area is 123 Å². The van der Waals surface area contributed by atoms with Crippen LogP contribution in [0.3, 0.4) is 0 Å². The SMILES string of the molecule is C/C(=C\CC(C)C)[C@H](O)[C@H](C)C1CCCCCC(=O)O1. The summed E-state index contributed by atoms with van der Waals surface area (Å²) < 4.78 is 5.52. The number of esters is 1. The Morgan fingerprint density at radius 3 is 2.70 bits per heavy atom. The van der Waals surface area contributed by atoms with Gasteiger partial charge in [-0.1, -0.05) is 33.3 Å². The van der Waals surface area contributed by atoms with E-state index in [0.29, 0.717) is 12.3 Å². The molecule has 0 aromatic carbocycles. The molecule has 1 aliphatic rings. The van der Waals surface area contributed by atoms with Gasteiger partial charge in [0.05, 0.1) is 6.10 Å². The van der Waals surface area contributed by atoms with Crippen LogP contribution in [-0.4, -0.2) is 23.3 Å². The van der Waals surface area contributed by atoms with Crippen LogP contribution in [0, 0.1) is 11.8 Å². The van der Waals surface area contributed by atoms with Gasteiger partial charge in [0, 0.05) is 12.3 Å². The highest BCUT2D eigenvalue weighted by Crippen LogP contribution is 2.25. The lowest BCUT2D eigenvalue weighted by atomic mass is 9.88. The standard InChI is InChI=1S/C17H30O3/c1-12(2)10-11-13(3)17(19)14(4)15-8-6-5-7-9-16(18)20-15/h11-12,14-15,17,19H,5-10H2,1-4H3/b13-11+/t14-,15?,17+/m1/s1. The third kappa shape index (κ3) is 5.66. The molecule has 0 spiro atoms. The number of ether oxygens (including phenoxy) is 1. The minimum Gasteiger partial charge on any atom is -0.462 e. The first-order valence-corrected chi connectivity index (χ1v) is 7.96. The fraction of sp³-hybridized carbons (Fsp3) is 0.824. The van der Waals surface area contributed by atoms with E-state index in [1.807, 2.05) is 13.8 Å². The molecular weight excluding hydrogens is 252 g/mol. The fourth-order valence-electron chi connectivity index (χ4n) is 2.61. The van der Waals surface area contributed by atoms with Crippen LogP contribution in [-0.2, 0) is 9.53 Å². The minimum atomic E-state index is -0.522. The maximum absolute atomic E-state index is 11.6. The summed E-state index contributed by atoms with van der Waals surface area (Å²) in [6.45, 7) is 8.28. The van der Waals surface area contributed by atoms with Crippen molar-refractivity contribution in [1.29, 1.82) is 0 Å². The molecule has 116 valence electrons. The van der Waals surface area contributed by atoms with E-state index < -0.39 is 6.10 Å². The van der Waals surface area contributed by atoms with Crippen molar-refractivity contribution in [3.05, 3.63) is 11.6 Å². The number of aliphatic hydroxyl groups excluding tert-OH is 1. The Morgan fingerprint density at radius 2 is 2.05 bits per heavy atom. The second-order valence-electron chi connectivity index (χ2n) is 6.51. The zero-order chi connectivity index (χ0) is 15.1. The molecule has 1 saturated heterocycles. The predicted molar refractivity (Wildman–Crippen MR) is 81.3 cm³/mol. The molecule has 0 amide bonds. The molecule has 1 aliphatic heterocycles. The number of carbonyl (C=O) groups is 1. The Hall–Kier alpha value is -0.830. The number of carbonyl (C=O) groups excluding carboxylic acids is 1. The first kappa shape index (κ1) is 17.2. The number of hydrogen-bond acceptors (Lipinski definition) is 3. The molecule has 0 aliphatic carbocycles. The Bertz CT molecular complexity index is 333. The van der Waals surface area contributed by atoms with Crippen LogP contribution in [0.25, 0.3) is 0 Å². The summed E-state index contributed by atoms with van der Waals surface area (Å²) in [4.78, 5) is 11.6. The highest BCUT2D eigenvalue weighted by atomic mass is 16.5. The van der Waals surface area contributed by atoms with Gasteiger partial charge in [0.15, 0.2) is 0 Å². The molecule has 1 unspecified atom stereocenters. The largest absolute Gasteiger partial charge is 0.462 e. The summed E-state index contributed by atoms with van der Waals surface area (Å²) >= 11 is 0. The van der Waals surface area contributed by atoms with E-state index in [1.165, 1.54) is 0 Å². The predicted octanol–water partition coefficient (Wildman–Crippen LogP) is 3.85. The number of aliphatic hydroxyl groups is 1. The van der Waals surface area contributed by atoms with Crippen molar-refractivity contribution in [2.75, 3.05) is 0 Å². The normalized spacial score (nSPS) is 24.8. The lowest BCUT2D eigenvalue weighted by Gasteiger charge is -2.29. The molecule has 0 radical (unpaired) electrons. The average Bonchev–Trinajstić information content (AvgIpc) is 2.38. The van der Waals surface area contributed by atoms with E-state index in [1.54, 1.807) is 0 Å². The highest BCUT2D eigenvalue weighted by molar-refractivity contribution is 5.69. The topological polar surface area (TPSA) is 46.5 Å². The van der Waals surface area contributed by atoms with Crippen molar-refractivity contribution in [1.82, 2.24) is 0 Å². The van der Waals surface area contributed by atoms with Gasteiger partial charge in [-0.3, -0.25) is 4.79 Å². The second kappa shape index (κ2) is 8.46. The molecule has 1 rings (SSSR count). The Kier molecular flexibility index (Phi) is 7.28. The van der Waals surface area contributed by atoms with E-state index in [2.05, 4.69) is 19.9 Å². The summed E-state index contributed by atoms with van der Waals surface area (Å²) in [6, 6.07) is 0. The van der Waals surface area contributed by atoms with Crippen molar-refractivity contribution in [3.8, 4) is 0 Å². The summed E-state index contributed by atoms with van der Waals surface area (Å²) in [7, 11) is 0. The minimum absolute atomic E-state index is 0.0412. The number of cyclic esters (lactones) is 1. The van der Waals surface area contributed by atoms with Crippen molar-refractivity contribution >= 4 is 5.97 Å². The number of allylic oxidation sites excluding steroid dienone is 1. The molecule has 1 N–H and O–H groups in total. The second-order valence-corrected chi connectivity index (χ2v) is 6.51. The van der Waals surface area contributed by atoms with E-state index in [-0.39, 0.29) is 18.0 Å². The van der Waals surface area contributed by atoms with Gasteiger partial charge in [-0.2, -0.15) is 0 Å². The molecule has 0 aromatic rings. The van der Waals surface area contributed by atoms with Crippen LogP contribution in [0.1, 0.15) is 66.2 Å². The van der Waals surface area contributed by atoms with Gasteiger partial charge in [-0.15, -0.1) is 0 Å². The summed E-state index contributed by atoms with van der Waals surface area (Å²) in [6.07, 6.45) is 6.86. The maximum Gasteiger partial charge on any atom is 0.306 e. The lowest BCUT2D eigenvalue weighted by Crippen LogP contribution is -2.34. The van der Waals surface area contributed by atoms with Gasteiger partial charge in [-0.25, -0.2) is 0 Å². The molecule has 0 aromatic heterocycles. The van der Waals surface area contributed by atoms with Gasteiger partial charge >= 0.3 is 5.97 Å². The van der Waals surface area contributed by atoms with Crippen molar-refractivity contribution in [2.45, 2.75) is 78.4 Å². The molecule has 3 nitrogen and oxygen atoms in total. The van der Waals surface area contributed by atoms with Crippen LogP contribution < -0.4 is 0 Å². The van der Waals surface area contributed by atoms with Gasteiger partial charge < -0.3 is 9.84 Å². The van der Waals surface area contributed by atoms with E-state index in [9.17, 15) is 9.90 Å². The first-order chi connectivity index (χ1) is 9.41. The van der Waals surface area contributed by atoms with Gasteiger partial charge in [0.1, 0.15) is 6.10 Å². The van der Waals surface area contributed by atoms with E-state index >= 15 is 0 Å². The van der Waals surface area contributed by atoms with Crippen LogP contribution >= 0.6 is 0 Å². The van der Waals surface area contributed by atoms with Gasteiger partial charge in [-0.05, 0) is 44.1 Å². The molecule has 3 heteroatoms. The van der Waals surface area contributed by atoms with E-state index in [0.717, 1.165) is 37.7 Å². The summed E-state index contributed by atoms with van der Waals surface area (Å²) in [5.74, 6) is 0.435. The maximum atomic E-state index is 11.6. The smallest absolute Gasteiger partial charge is 0.306 e. The van der Waals surface area contributed by atoms with Crippen molar-refractivity contribution in [3.63, 3.8) is 0 Å². The van der Waals surface area contributed by atoms with E-state index in [4.69, 9.17) is 4.74 Å². The van der Waals surface area contributed by atoms with Crippen LogP contribution in [0.4, 0.5) is 0 Å².